The molecule has 1 unspecified atom stereocenters. The molecule has 0 saturated carbocycles. The fourth-order valence-electron chi connectivity index (χ4n) is 1.30. The number of rotatable bonds is 4. The summed E-state index contributed by atoms with van der Waals surface area (Å²) in [4.78, 5) is 11.6. The highest BCUT2D eigenvalue weighted by molar-refractivity contribution is 9.10. The van der Waals surface area contributed by atoms with Gasteiger partial charge in [0.05, 0.1) is 11.7 Å². The molecule has 2 heterocycles. The summed E-state index contributed by atoms with van der Waals surface area (Å²) in [6.07, 6.45) is 0.677. The van der Waals surface area contributed by atoms with Gasteiger partial charge in [0.2, 0.25) is 0 Å². The highest BCUT2D eigenvalue weighted by Crippen LogP contribution is 2.16. The maximum Gasteiger partial charge on any atom is 0.254 e. The number of nitrogens with one attached hydrogen (secondary N) is 1. The molecule has 4 nitrogen and oxygen atoms in total. The van der Waals surface area contributed by atoms with E-state index in [2.05, 4.69) is 21.2 Å². The molecule has 6 heteroatoms. The summed E-state index contributed by atoms with van der Waals surface area (Å²) in [5.41, 5.74) is 1.23. The molecule has 2 aromatic rings. The summed E-state index contributed by atoms with van der Waals surface area (Å²) in [6.45, 7) is 0.179. The third-order valence-corrected chi connectivity index (χ3v) is 3.33. The number of amides is 1. The minimum absolute atomic E-state index is 0.179. The monoisotopic (exact) mass is 315 g/mol. The molecule has 1 atom stereocenters. The molecular weight excluding hydrogens is 306 g/mol. The Balaban J connectivity index is 1.88. The second-order valence-corrected chi connectivity index (χ2v) is 4.98. The van der Waals surface area contributed by atoms with E-state index in [9.17, 15) is 9.90 Å². The number of furan rings is 1. The molecule has 0 aliphatic carbocycles. The largest absolute Gasteiger partial charge is 0.457 e. The van der Waals surface area contributed by atoms with Gasteiger partial charge in [-0.1, -0.05) is 0 Å². The number of hydrogen-bond acceptors (Lipinski definition) is 4. The van der Waals surface area contributed by atoms with E-state index in [1.54, 1.807) is 6.07 Å². The van der Waals surface area contributed by atoms with Crippen LogP contribution in [0.15, 0.2) is 38.2 Å². The molecule has 0 fully saturated rings. The number of halogens is 1. The van der Waals surface area contributed by atoms with Crippen molar-refractivity contribution in [3.63, 3.8) is 0 Å². The summed E-state index contributed by atoms with van der Waals surface area (Å²) in [5, 5.41) is 16.1. The van der Waals surface area contributed by atoms with Gasteiger partial charge in [0.15, 0.2) is 4.67 Å². The predicted octanol–water partition coefficient (Wildman–Crippen LogP) is 2.57. The number of carbonyl (C=O) groups excluding carboxylic acids is 1. The highest BCUT2D eigenvalue weighted by Gasteiger charge is 2.12. The standard InChI is InChI=1S/C11H10BrNO3S/c12-10-3-8(5-16-10)11(15)13-4-9(14)7-1-2-17-6-7/h1-3,5-6,9,14H,4H2,(H,13,15). The van der Waals surface area contributed by atoms with Crippen LogP contribution in [0.2, 0.25) is 0 Å². The summed E-state index contributed by atoms with van der Waals surface area (Å²) >= 11 is 4.63. The average Bonchev–Trinajstić information content (AvgIpc) is 2.95. The van der Waals surface area contributed by atoms with Crippen LogP contribution in [0.25, 0.3) is 0 Å². The minimum Gasteiger partial charge on any atom is -0.457 e. The molecule has 2 rings (SSSR count). The lowest BCUT2D eigenvalue weighted by Crippen LogP contribution is -2.27. The number of thiophene rings is 1. The third kappa shape index (κ3) is 3.18. The maximum atomic E-state index is 11.6. The first kappa shape index (κ1) is 12.3. The Hall–Kier alpha value is -1.11. The van der Waals surface area contributed by atoms with Crippen LogP contribution in [-0.4, -0.2) is 17.6 Å². The molecule has 1 amide bonds. The van der Waals surface area contributed by atoms with E-state index in [1.165, 1.54) is 17.6 Å². The zero-order chi connectivity index (χ0) is 12.3. The zero-order valence-corrected chi connectivity index (χ0v) is 11.1. The van der Waals surface area contributed by atoms with Gasteiger partial charge < -0.3 is 14.8 Å². The van der Waals surface area contributed by atoms with Crippen molar-refractivity contribution in [2.75, 3.05) is 6.54 Å². The van der Waals surface area contributed by atoms with Gasteiger partial charge in [-0.05, 0) is 38.3 Å². The van der Waals surface area contributed by atoms with Crippen molar-refractivity contribution >= 4 is 33.2 Å². The van der Waals surface area contributed by atoms with Gasteiger partial charge in [-0.3, -0.25) is 4.79 Å². The number of hydrogen-bond donors (Lipinski definition) is 2. The second-order valence-electron chi connectivity index (χ2n) is 3.42. The Morgan fingerprint density at radius 1 is 1.65 bits per heavy atom. The van der Waals surface area contributed by atoms with E-state index in [0.717, 1.165) is 5.56 Å². The van der Waals surface area contributed by atoms with Crippen LogP contribution in [0.5, 0.6) is 0 Å². The quantitative estimate of drug-likeness (QED) is 0.911. The molecule has 0 aromatic carbocycles. The van der Waals surface area contributed by atoms with Crippen molar-refractivity contribution in [3.05, 3.63) is 45.0 Å². The molecule has 2 aromatic heterocycles. The molecule has 0 radical (unpaired) electrons. The van der Waals surface area contributed by atoms with E-state index in [0.29, 0.717) is 10.2 Å². The van der Waals surface area contributed by atoms with Gasteiger partial charge in [0.25, 0.3) is 5.91 Å². The van der Waals surface area contributed by atoms with Crippen LogP contribution >= 0.6 is 27.3 Å². The molecule has 0 saturated heterocycles. The van der Waals surface area contributed by atoms with Gasteiger partial charge in [0.1, 0.15) is 6.26 Å². The maximum absolute atomic E-state index is 11.6. The lowest BCUT2D eigenvalue weighted by Gasteiger charge is -2.09. The van der Waals surface area contributed by atoms with Crippen molar-refractivity contribution in [1.29, 1.82) is 0 Å². The number of aliphatic hydroxyl groups excluding tert-OH is 1. The van der Waals surface area contributed by atoms with Crippen LogP contribution in [0.1, 0.15) is 22.0 Å². The molecule has 0 aliphatic rings. The Labute approximate surface area is 110 Å². The van der Waals surface area contributed by atoms with Crippen LogP contribution in [0, 0.1) is 0 Å². The van der Waals surface area contributed by atoms with Crippen LogP contribution in [0.3, 0.4) is 0 Å². The molecule has 2 N–H and O–H groups in total. The first-order valence-corrected chi connectivity index (χ1v) is 6.63. The van der Waals surface area contributed by atoms with E-state index in [-0.39, 0.29) is 12.5 Å². The summed E-state index contributed by atoms with van der Waals surface area (Å²) in [6, 6.07) is 3.40. The molecular formula is C11H10BrNO3S. The summed E-state index contributed by atoms with van der Waals surface area (Å²) in [7, 11) is 0. The van der Waals surface area contributed by atoms with E-state index < -0.39 is 6.10 Å². The molecule has 90 valence electrons. The van der Waals surface area contributed by atoms with Crippen LogP contribution < -0.4 is 5.32 Å². The van der Waals surface area contributed by atoms with Gasteiger partial charge in [-0.15, -0.1) is 0 Å². The first-order chi connectivity index (χ1) is 8.16. The Morgan fingerprint density at radius 2 is 2.47 bits per heavy atom. The van der Waals surface area contributed by atoms with Crippen molar-refractivity contribution in [3.8, 4) is 0 Å². The minimum atomic E-state index is -0.680. The van der Waals surface area contributed by atoms with E-state index in [4.69, 9.17) is 4.42 Å². The smallest absolute Gasteiger partial charge is 0.254 e. The fraction of sp³-hybridized carbons (Fsp3) is 0.182. The second kappa shape index (κ2) is 5.48. The third-order valence-electron chi connectivity index (χ3n) is 2.21. The zero-order valence-electron chi connectivity index (χ0n) is 8.72. The number of aliphatic hydroxyl groups is 1. The average molecular weight is 316 g/mol. The van der Waals surface area contributed by atoms with E-state index in [1.807, 2.05) is 16.8 Å². The fourth-order valence-corrected chi connectivity index (χ4v) is 2.35. The Morgan fingerprint density at radius 3 is 3.06 bits per heavy atom. The normalized spacial score (nSPS) is 12.4. The topological polar surface area (TPSA) is 62.5 Å². The lowest BCUT2D eigenvalue weighted by molar-refractivity contribution is 0.0916. The lowest BCUT2D eigenvalue weighted by atomic mass is 10.2. The van der Waals surface area contributed by atoms with Crippen molar-refractivity contribution in [1.82, 2.24) is 5.32 Å². The highest BCUT2D eigenvalue weighted by atomic mass is 79.9. The summed E-state index contributed by atoms with van der Waals surface area (Å²) < 4.78 is 5.46. The molecule has 0 spiro atoms. The Bertz CT molecular complexity index is 495. The SMILES string of the molecule is O=C(NCC(O)c1ccsc1)c1coc(Br)c1. The van der Waals surface area contributed by atoms with E-state index >= 15 is 0 Å². The molecule has 0 aliphatic heterocycles. The molecule has 17 heavy (non-hydrogen) atoms. The predicted molar refractivity (Wildman–Crippen MR) is 68.0 cm³/mol. The summed E-state index contributed by atoms with van der Waals surface area (Å²) in [5.74, 6) is -0.270. The Kier molecular flexibility index (Phi) is 3.98. The van der Waals surface area contributed by atoms with Crippen molar-refractivity contribution in [2.24, 2.45) is 0 Å². The van der Waals surface area contributed by atoms with Gasteiger partial charge in [0, 0.05) is 12.6 Å². The van der Waals surface area contributed by atoms with Crippen LogP contribution in [0.4, 0.5) is 0 Å². The molecule has 0 bridgehead atoms. The van der Waals surface area contributed by atoms with Crippen LogP contribution in [-0.2, 0) is 0 Å². The van der Waals surface area contributed by atoms with Gasteiger partial charge in [-0.25, -0.2) is 0 Å². The van der Waals surface area contributed by atoms with Gasteiger partial charge in [-0.2, -0.15) is 11.3 Å². The van der Waals surface area contributed by atoms with Crippen molar-refractivity contribution in [2.45, 2.75) is 6.10 Å². The van der Waals surface area contributed by atoms with Gasteiger partial charge >= 0.3 is 0 Å². The van der Waals surface area contributed by atoms with Crippen molar-refractivity contribution < 1.29 is 14.3 Å². The first-order valence-electron chi connectivity index (χ1n) is 4.89. The number of carbonyl (C=O) groups is 1.